The fourth-order valence-corrected chi connectivity index (χ4v) is 2.69. The monoisotopic (exact) mass is 375 g/mol. The molecule has 26 heavy (non-hydrogen) atoms. The molecule has 1 amide bonds. The Morgan fingerprint density at radius 3 is 2.62 bits per heavy atom. The molecule has 2 aromatic heterocycles. The van der Waals surface area contributed by atoms with Crippen LogP contribution in [-0.2, 0) is 11.3 Å². The zero-order valence-corrected chi connectivity index (χ0v) is 15.0. The first-order chi connectivity index (χ1) is 12.7. The van der Waals surface area contributed by atoms with E-state index in [4.69, 9.17) is 18.3 Å². The van der Waals surface area contributed by atoms with Gasteiger partial charge in [-0.1, -0.05) is 11.8 Å². The number of benzene rings is 1. The zero-order valence-electron chi connectivity index (χ0n) is 14.2. The molecule has 0 aliphatic rings. The maximum Gasteiger partial charge on any atom is 0.277 e. The fourth-order valence-electron chi connectivity index (χ4n) is 2.09. The number of carbonyl (C=O) groups excluding carboxylic acids is 1. The van der Waals surface area contributed by atoms with Gasteiger partial charge in [0.2, 0.25) is 11.8 Å². The summed E-state index contributed by atoms with van der Waals surface area (Å²) >= 11 is 1.16. The van der Waals surface area contributed by atoms with Gasteiger partial charge in [-0.3, -0.25) is 4.79 Å². The molecule has 0 bridgehead atoms. The Kier molecular flexibility index (Phi) is 5.80. The van der Waals surface area contributed by atoms with E-state index in [2.05, 4.69) is 15.5 Å². The molecule has 0 radical (unpaired) electrons. The standard InChI is InChI=1S/C17H17N3O5S/c1-22-13-6-11(7-14(8-13)23-2)16-19-20-17(25-16)26-10-15(21)18-9-12-4-3-5-24-12/h3-8H,9-10H2,1-2H3,(H,18,21). The van der Waals surface area contributed by atoms with Gasteiger partial charge in [0.05, 0.1) is 32.8 Å². The number of hydrogen-bond acceptors (Lipinski definition) is 8. The number of hydrogen-bond donors (Lipinski definition) is 1. The third-order valence-corrected chi connectivity index (χ3v) is 4.19. The molecule has 8 nitrogen and oxygen atoms in total. The van der Waals surface area contributed by atoms with Gasteiger partial charge < -0.3 is 23.6 Å². The summed E-state index contributed by atoms with van der Waals surface area (Å²) in [6.45, 7) is 0.338. The lowest BCUT2D eigenvalue weighted by Crippen LogP contribution is -2.24. The SMILES string of the molecule is COc1cc(OC)cc(-c2nnc(SCC(=O)NCc3ccco3)o2)c1. The highest BCUT2D eigenvalue weighted by molar-refractivity contribution is 7.99. The van der Waals surface area contributed by atoms with E-state index >= 15 is 0 Å². The summed E-state index contributed by atoms with van der Waals surface area (Å²) in [4.78, 5) is 11.9. The van der Waals surface area contributed by atoms with Crippen LogP contribution >= 0.6 is 11.8 Å². The Hall–Kier alpha value is -2.94. The second-order valence-corrected chi connectivity index (χ2v) is 6.05. The third-order valence-electron chi connectivity index (χ3n) is 3.37. The van der Waals surface area contributed by atoms with E-state index in [-0.39, 0.29) is 11.7 Å². The van der Waals surface area contributed by atoms with Gasteiger partial charge in [0.15, 0.2) is 0 Å². The first kappa shape index (κ1) is 17.9. The van der Waals surface area contributed by atoms with Crippen LogP contribution in [0.25, 0.3) is 11.5 Å². The minimum absolute atomic E-state index is 0.157. The molecule has 1 N–H and O–H groups in total. The molecule has 136 valence electrons. The molecule has 0 aliphatic heterocycles. The molecule has 0 spiro atoms. The summed E-state index contributed by atoms with van der Waals surface area (Å²) < 4.78 is 21.2. The largest absolute Gasteiger partial charge is 0.497 e. The van der Waals surface area contributed by atoms with Crippen molar-refractivity contribution in [3.05, 3.63) is 42.4 Å². The highest BCUT2D eigenvalue weighted by Crippen LogP contribution is 2.30. The smallest absolute Gasteiger partial charge is 0.277 e. The molecule has 0 fully saturated rings. The van der Waals surface area contributed by atoms with Crippen molar-refractivity contribution in [1.82, 2.24) is 15.5 Å². The lowest BCUT2D eigenvalue weighted by molar-refractivity contribution is -0.118. The summed E-state index contributed by atoms with van der Waals surface area (Å²) in [5.41, 5.74) is 0.669. The summed E-state index contributed by atoms with van der Waals surface area (Å²) in [5, 5.41) is 11.0. The Bertz CT molecular complexity index is 841. The maximum atomic E-state index is 11.9. The van der Waals surface area contributed by atoms with Crippen molar-refractivity contribution in [2.24, 2.45) is 0 Å². The molecule has 0 unspecified atom stereocenters. The molecule has 2 heterocycles. The van der Waals surface area contributed by atoms with Crippen molar-refractivity contribution in [3.8, 4) is 23.0 Å². The number of rotatable bonds is 8. The average molecular weight is 375 g/mol. The fraction of sp³-hybridized carbons (Fsp3) is 0.235. The quantitative estimate of drug-likeness (QED) is 0.600. The normalized spacial score (nSPS) is 10.5. The van der Waals surface area contributed by atoms with Crippen LogP contribution in [0.2, 0.25) is 0 Å². The van der Waals surface area contributed by atoms with Gasteiger partial charge in [-0.25, -0.2) is 0 Å². The van der Waals surface area contributed by atoms with Crippen LogP contribution in [0.3, 0.4) is 0 Å². The van der Waals surface area contributed by atoms with E-state index in [1.54, 1.807) is 50.8 Å². The van der Waals surface area contributed by atoms with Crippen LogP contribution in [0, 0.1) is 0 Å². The van der Waals surface area contributed by atoms with E-state index in [1.807, 2.05) is 0 Å². The predicted octanol–water partition coefficient (Wildman–Crippen LogP) is 2.76. The van der Waals surface area contributed by atoms with E-state index < -0.39 is 0 Å². The minimum Gasteiger partial charge on any atom is -0.497 e. The van der Waals surface area contributed by atoms with Gasteiger partial charge in [0.1, 0.15) is 17.3 Å². The van der Waals surface area contributed by atoms with Crippen LogP contribution in [0.1, 0.15) is 5.76 Å². The van der Waals surface area contributed by atoms with Crippen molar-refractivity contribution in [1.29, 1.82) is 0 Å². The van der Waals surface area contributed by atoms with Crippen molar-refractivity contribution in [2.45, 2.75) is 11.8 Å². The molecule has 3 rings (SSSR count). The van der Waals surface area contributed by atoms with E-state index in [1.165, 1.54) is 0 Å². The molecular formula is C17H17N3O5S. The predicted molar refractivity (Wildman–Crippen MR) is 94.1 cm³/mol. The molecular weight excluding hydrogens is 358 g/mol. The lowest BCUT2D eigenvalue weighted by atomic mass is 10.2. The van der Waals surface area contributed by atoms with Crippen LogP contribution < -0.4 is 14.8 Å². The second-order valence-electron chi connectivity index (χ2n) is 5.12. The summed E-state index contributed by atoms with van der Waals surface area (Å²) in [7, 11) is 3.13. The first-order valence-electron chi connectivity index (χ1n) is 7.67. The summed E-state index contributed by atoms with van der Waals surface area (Å²) in [6, 6.07) is 8.84. The van der Waals surface area contributed by atoms with Crippen molar-refractivity contribution in [3.63, 3.8) is 0 Å². The number of methoxy groups -OCH3 is 2. The highest BCUT2D eigenvalue weighted by atomic mass is 32.2. The number of ether oxygens (including phenoxy) is 2. The van der Waals surface area contributed by atoms with Crippen molar-refractivity contribution in [2.75, 3.05) is 20.0 Å². The Morgan fingerprint density at radius 1 is 1.19 bits per heavy atom. The third kappa shape index (κ3) is 4.57. The first-order valence-corrected chi connectivity index (χ1v) is 8.65. The molecule has 0 saturated carbocycles. The average Bonchev–Trinajstić information content (AvgIpc) is 3.36. The van der Waals surface area contributed by atoms with Gasteiger partial charge >= 0.3 is 0 Å². The van der Waals surface area contributed by atoms with Crippen LogP contribution in [0.4, 0.5) is 0 Å². The molecule has 0 aliphatic carbocycles. The Labute approximate surface area is 153 Å². The van der Waals surface area contributed by atoms with Crippen LogP contribution in [0.15, 0.2) is 50.7 Å². The number of nitrogens with zero attached hydrogens (tertiary/aromatic N) is 2. The number of nitrogens with one attached hydrogen (secondary N) is 1. The highest BCUT2D eigenvalue weighted by Gasteiger charge is 2.13. The van der Waals surface area contributed by atoms with Gasteiger partial charge in [-0.2, -0.15) is 0 Å². The molecule has 1 aromatic carbocycles. The summed E-state index contributed by atoms with van der Waals surface area (Å²) in [5.74, 6) is 2.24. The number of carbonyl (C=O) groups is 1. The van der Waals surface area contributed by atoms with E-state index in [0.717, 1.165) is 11.8 Å². The molecule has 3 aromatic rings. The molecule has 0 atom stereocenters. The number of thioether (sulfide) groups is 1. The molecule has 0 saturated heterocycles. The Balaban J connectivity index is 1.58. The van der Waals surface area contributed by atoms with E-state index in [9.17, 15) is 4.79 Å². The van der Waals surface area contributed by atoms with Crippen LogP contribution in [-0.4, -0.2) is 36.1 Å². The zero-order chi connectivity index (χ0) is 18.4. The Morgan fingerprint density at radius 2 is 1.96 bits per heavy atom. The number of aromatic nitrogens is 2. The van der Waals surface area contributed by atoms with Crippen molar-refractivity contribution >= 4 is 17.7 Å². The molecule has 9 heteroatoms. The topological polar surface area (TPSA) is 99.6 Å². The van der Waals surface area contributed by atoms with Gasteiger partial charge in [-0.15, -0.1) is 10.2 Å². The maximum absolute atomic E-state index is 11.9. The van der Waals surface area contributed by atoms with Gasteiger partial charge in [0, 0.05) is 11.6 Å². The number of amides is 1. The van der Waals surface area contributed by atoms with Gasteiger partial charge in [0.25, 0.3) is 5.22 Å². The number of furan rings is 1. The van der Waals surface area contributed by atoms with Gasteiger partial charge in [-0.05, 0) is 24.3 Å². The minimum atomic E-state index is -0.158. The lowest BCUT2D eigenvalue weighted by Gasteiger charge is -2.05. The van der Waals surface area contributed by atoms with Crippen LogP contribution in [0.5, 0.6) is 11.5 Å². The van der Waals surface area contributed by atoms with Crippen molar-refractivity contribution < 1.29 is 23.1 Å². The summed E-state index contributed by atoms with van der Waals surface area (Å²) in [6.07, 6.45) is 1.56. The van der Waals surface area contributed by atoms with E-state index in [0.29, 0.717) is 40.5 Å². The second kappa shape index (κ2) is 8.43.